The standard InChI is InChI=1S/C17H18N2O4S/c1-10-7-14(9-16(11(10)2)24(18,22)23)17(21)19-15-6-4-5-13(8-15)12(3)20/h4-9H,1-3H3,(H,19,21)(H2,18,22,23). The summed E-state index contributed by atoms with van der Waals surface area (Å²) in [7, 11) is -3.93. The number of hydrogen-bond acceptors (Lipinski definition) is 4. The van der Waals surface area contributed by atoms with Crippen LogP contribution in [-0.2, 0) is 10.0 Å². The smallest absolute Gasteiger partial charge is 0.255 e. The lowest BCUT2D eigenvalue weighted by Gasteiger charge is -2.11. The van der Waals surface area contributed by atoms with Crippen LogP contribution in [0.4, 0.5) is 5.69 Å². The van der Waals surface area contributed by atoms with E-state index in [1.807, 2.05) is 0 Å². The normalized spacial score (nSPS) is 11.2. The molecule has 2 aromatic carbocycles. The molecule has 0 spiro atoms. The summed E-state index contributed by atoms with van der Waals surface area (Å²) in [5, 5.41) is 7.86. The van der Waals surface area contributed by atoms with Crippen LogP contribution in [0.1, 0.15) is 38.8 Å². The van der Waals surface area contributed by atoms with Gasteiger partial charge in [-0.05, 0) is 56.2 Å². The minimum atomic E-state index is -3.93. The Bertz CT molecular complexity index is 934. The number of primary sulfonamides is 1. The van der Waals surface area contributed by atoms with Crippen molar-refractivity contribution in [2.24, 2.45) is 5.14 Å². The van der Waals surface area contributed by atoms with Crippen molar-refractivity contribution in [3.05, 3.63) is 58.7 Å². The Labute approximate surface area is 140 Å². The van der Waals surface area contributed by atoms with Gasteiger partial charge in [0.05, 0.1) is 4.90 Å². The number of sulfonamides is 1. The zero-order valence-corrected chi connectivity index (χ0v) is 14.4. The Kier molecular flexibility index (Phi) is 4.86. The van der Waals surface area contributed by atoms with Crippen molar-refractivity contribution in [3.63, 3.8) is 0 Å². The molecule has 0 heterocycles. The van der Waals surface area contributed by atoms with Crippen molar-refractivity contribution < 1.29 is 18.0 Å². The van der Waals surface area contributed by atoms with Crippen LogP contribution in [0.2, 0.25) is 0 Å². The van der Waals surface area contributed by atoms with Crippen LogP contribution in [0.25, 0.3) is 0 Å². The third kappa shape index (κ3) is 3.87. The third-order valence-corrected chi connectivity index (χ3v) is 4.75. The molecule has 0 aliphatic heterocycles. The fourth-order valence-electron chi connectivity index (χ4n) is 2.27. The van der Waals surface area contributed by atoms with E-state index in [0.717, 1.165) is 0 Å². The Morgan fingerprint density at radius 3 is 2.29 bits per heavy atom. The van der Waals surface area contributed by atoms with Crippen LogP contribution in [0.5, 0.6) is 0 Å². The highest BCUT2D eigenvalue weighted by Gasteiger charge is 2.17. The van der Waals surface area contributed by atoms with Gasteiger partial charge in [0.2, 0.25) is 10.0 Å². The number of carbonyl (C=O) groups excluding carboxylic acids is 2. The number of hydrogen-bond donors (Lipinski definition) is 2. The fourth-order valence-corrected chi connectivity index (χ4v) is 3.15. The molecule has 6 nitrogen and oxygen atoms in total. The van der Waals surface area contributed by atoms with E-state index in [-0.39, 0.29) is 16.2 Å². The van der Waals surface area contributed by atoms with E-state index >= 15 is 0 Å². The van der Waals surface area contributed by atoms with Gasteiger partial charge in [-0.15, -0.1) is 0 Å². The quantitative estimate of drug-likeness (QED) is 0.829. The summed E-state index contributed by atoms with van der Waals surface area (Å²) in [6.45, 7) is 4.77. The molecule has 0 fully saturated rings. The Hall–Kier alpha value is -2.51. The largest absolute Gasteiger partial charge is 0.322 e. The Morgan fingerprint density at radius 2 is 1.71 bits per heavy atom. The Morgan fingerprint density at radius 1 is 1.04 bits per heavy atom. The molecule has 24 heavy (non-hydrogen) atoms. The SMILES string of the molecule is CC(=O)c1cccc(NC(=O)c2cc(C)c(C)c(S(N)(=O)=O)c2)c1. The summed E-state index contributed by atoms with van der Waals surface area (Å²) in [6.07, 6.45) is 0. The van der Waals surface area contributed by atoms with Gasteiger partial charge >= 0.3 is 0 Å². The second-order valence-corrected chi connectivity index (χ2v) is 7.08. The van der Waals surface area contributed by atoms with Crippen molar-refractivity contribution in [2.45, 2.75) is 25.7 Å². The van der Waals surface area contributed by atoms with E-state index in [9.17, 15) is 18.0 Å². The number of benzene rings is 2. The van der Waals surface area contributed by atoms with Crippen molar-refractivity contribution in [1.82, 2.24) is 0 Å². The van der Waals surface area contributed by atoms with Crippen LogP contribution in [0, 0.1) is 13.8 Å². The fraction of sp³-hybridized carbons (Fsp3) is 0.176. The molecule has 0 bridgehead atoms. The van der Waals surface area contributed by atoms with Crippen molar-refractivity contribution in [2.75, 3.05) is 5.32 Å². The number of Topliss-reactive ketones (excluding diaryl/α,β-unsaturated/α-hetero) is 1. The van der Waals surface area contributed by atoms with Gasteiger partial charge in [0.25, 0.3) is 5.91 Å². The van der Waals surface area contributed by atoms with E-state index in [4.69, 9.17) is 5.14 Å². The zero-order valence-electron chi connectivity index (χ0n) is 13.6. The van der Waals surface area contributed by atoms with Gasteiger partial charge in [-0.2, -0.15) is 0 Å². The second-order valence-electron chi connectivity index (χ2n) is 5.55. The van der Waals surface area contributed by atoms with Gasteiger partial charge in [0, 0.05) is 16.8 Å². The first-order valence-corrected chi connectivity index (χ1v) is 8.70. The first kappa shape index (κ1) is 17.8. The van der Waals surface area contributed by atoms with Gasteiger partial charge in [-0.25, -0.2) is 13.6 Å². The minimum absolute atomic E-state index is 0.0786. The number of rotatable bonds is 4. The molecular weight excluding hydrogens is 328 g/mol. The average Bonchev–Trinajstić information content (AvgIpc) is 2.48. The zero-order chi connectivity index (χ0) is 18.1. The summed E-state index contributed by atoms with van der Waals surface area (Å²) >= 11 is 0. The van der Waals surface area contributed by atoms with Gasteiger partial charge in [-0.1, -0.05) is 12.1 Å². The van der Waals surface area contributed by atoms with E-state index in [0.29, 0.717) is 22.4 Å². The number of amides is 1. The second kappa shape index (κ2) is 6.54. The number of carbonyl (C=O) groups is 2. The summed E-state index contributed by atoms with van der Waals surface area (Å²) in [6, 6.07) is 9.35. The monoisotopic (exact) mass is 346 g/mol. The molecule has 0 aliphatic rings. The van der Waals surface area contributed by atoms with Crippen LogP contribution >= 0.6 is 0 Å². The number of anilines is 1. The molecule has 7 heteroatoms. The highest BCUT2D eigenvalue weighted by Crippen LogP contribution is 2.21. The maximum Gasteiger partial charge on any atom is 0.255 e. The molecule has 126 valence electrons. The van der Waals surface area contributed by atoms with Crippen LogP contribution in [0.15, 0.2) is 41.3 Å². The van der Waals surface area contributed by atoms with Crippen molar-refractivity contribution >= 4 is 27.4 Å². The highest BCUT2D eigenvalue weighted by atomic mass is 32.2. The van der Waals surface area contributed by atoms with Gasteiger partial charge in [0.1, 0.15) is 0 Å². The van der Waals surface area contributed by atoms with Gasteiger partial charge in [0.15, 0.2) is 5.78 Å². The molecule has 0 saturated heterocycles. The number of nitrogens with two attached hydrogens (primary N) is 1. The van der Waals surface area contributed by atoms with Crippen LogP contribution < -0.4 is 10.5 Å². The molecule has 0 aromatic heterocycles. The van der Waals surface area contributed by atoms with E-state index in [2.05, 4.69) is 5.32 Å². The van der Waals surface area contributed by atoms with E-state index < -0.39 is 15.9 Å². The van der Waals surface area contributed by atoms with Crippen LogP contribution in [-0.4, -0.2) is 20.1 Å². The molecule has 1 amide bonds. The lowest BCUT2D eigenvalue weighted by molar-refractivity contribution is 0.101. The Balaban J connectivity index is 2.39. The summed E-state index contributed by atoms with van der Waals surface area (Å²) < 4.78 is 23.3. The topological polar surface area (TPSA) is 106 Å². The number of nitrogens with one attached hydrogen (secondary N) is 1. The summed E-state index contributed by atoms with van der Waals surface area (Å²) in [5.41, 5.74) is 2.24. The number of aryl methyl sites for hydroxylation is 1. The average molecular weight is 346 g/mol. The summed E-state index contributed by atoms with van der Waals surface area (Å²) in [5.74, 6) is -0.600. The first-order chi connectivity index (χ1) is 11.1. The summed E-state index contributed by atoms with van der Waals surface area (Å²) in [4.78, 5) is 23.7. The van der Waals surface area contributed by atoms with Gasteiger partial charge < -0.3 is 5.32 Å². The molecule has 2 rings (SSSR count). The highest BCUT2D eigenvalue weighted by molar-refractivity contribution is 7.89. The maximum atomic E-state index is 12.4. The molecular formula is C17H18N2O4S. The maximum absolute atomic E-state index is 12.4. The molecule has 0 radical (unpaired) electrons. The van der Waals surface area contributed by atoms with E-state index in [1.54, 1.807) is 44.2 Å². The molecule has 3 N–H and O–H groups in total. The third-order valence-electron chi connectivity index (χ3n) is 3.72. The first-order valence-electron chi connectivity index (χ1n) is 7.16. The predicted octanol–water partition coefficient (Wildman–Crippen LogP) is 2.41. The van der Waals surface area contributed by atoms with Crippen molar-refractivity contribution in [3.8, 4) is 0 Å². The minimum Gasteiger partial charge on any atom is -0.322 e. The number of ketones is 1. The van der Waals surface area contributed by atoms with Crippen LogP contribution in [0.3, 0.4) is 0 Å². The van der Waals surface area contributed by atoms with Gasteiger partial charge in [-0.3, -0.25) is 9.59 Å². The molecule has 0 saturated carbocycles. The predicted molar refractivity (Wildman–Crippen MR) is 91.7 cm³/mol. The molecule has 0 aliphatic carbocycles. The molecule has 2 aromatic rings. The lowest BCUT2D eigenvalue weighted by atomic mass is 10.1. The molecule has 0 atom stereocenters. The lowest BCUT2D eigenvalue weighted by Crippen LogP contribution is -2.18. The van der Waals surface area contributed by atoms with E-state index in [1.165, 1.54) is 13.0 Å². The van der Waals surface area contributed by atoms with Crippen molar-refractivity contribution in [1.29, 1.82) is 0 Å². The molecule has 0 unspecified atom stereocenters.